The van der Waals surface area contributed by atoms with Gasteiger partial charge in [0.2, 0.25) is 0 Å². The standard InChI is InChI=1S/C13H15ClF2N2O3/c1-2-5-18(6-7-19)13(20)17-9-3-4-10(14)11(8-9)21-12(15)16/h2-4,8,12,19H,1,5-7H2,(H,17,20). The summed E-state index contributed by atoms with van der Waals surface area (Å²) in [5, 5.41) is 11.4. The van der Waals surface area contributed by atoms with E-state index in [0.717, 1.165) is 0 Å². The highest BCUT2D eigenvalue weighted by Gasteiger charge is 2.14. The number of urea groups is 1. The molecule has 0 radical (unpaired) electrons. The van der Waals surface area contributed by atoms with Gasteiger partial charge in [0.1, 0.15) is 5.75 Å². The summed E-state index contributed by atoms with van der Waals surface area (Å²) in [6.45, 7) is 0.639. The van der Waals surface area contributed by atoms with Crippen molar-refractivity contribution in [3.63, 3.8) is 0 Å². The molecule has 0 heterocycles. The summed E-state index contributed by atoms with van der Waals surface area (Å²) in [6, 6.07) is 3.47. The molecule has 0 fully saturated rings. The van der Waals surface area contributed by atoms with Gasteiger partial charge in [-0.3, -0.25) is 0 Å². The van der Waals surface area contributed by atoms with Gasteiger partial charge in [0, 0.05) is 24.8 Å². The monoisotopic (exact) mass is 320 g/mol. The van der Waals surface area contributed by atoms with Crippen LogP contribution in [0.15, 0.2) is 30.9 Å². The van der Waals surface area contributed by atoms with Crippen LogP contribution < -0.4 is 10.1 Å². The number of benzene rings is 1. The first kappa shape index (κ1) is 17.2. The van der Waals surface area contributed by atoms with Crippen molar-refractivity contribution >= 4 is 23.3 Å². The Morgan fingerprint density at radius 3 is 2.86 bits per heavy atom. The Bertz CT molecular complexity index is 500. The lowest BCUT2D eigenvalue weighted by molar-refractivity contribution is -0.0497. The number of nitrogens with one attached hydrogen (secondary N) is 1. The van der Waals surface area contributed by atoms with Crippen molar-refractivity contribution < 1.29 is 23.4 Å². The molecule has 0 unspecified atom stereocenters. The first-order valence-corrected chi connectivity index (χ1v) is 6.37. The topological polar surface area (TPSA) is 61.8 Å². The predicted octanol–water partition coefficient (Wildman–Crippen LogP) is 2.95. The second-order valence-electron chi connectivity index (χ2n) is 3.91. The summed E-state index contributed by atoms with van der Waals surface area (Å²) < 4.78 is 28.7. The van der Waals surface area contributed by atoms with Crippen LogP contribution in [0, 0.1) is 0 Å². The van der Waals surface area contributed by atoms with E-state index in [-0.39, 0.29) is 36.2 Å². The number of ether oxygens (including phenoxy) is 1. The first-order chi connectivity index (χ1) is 9.97. The number of carbonyl (C=O) groups is 1. The minimum absolute atomic E-state index is 0.00612. The van der Waals surface area contributed by atoms with E-state index in [1.54, 1.807) is 0 Å². The van der Waals surface area contributed by atoms with Crippen LogP contribution in [0.3, 0.4) is 0 Å². The first-order valence-electron chi connectivity index (χ1n) is 6.00. The van der Waals surface area contributed by atoms with Crippen molar-refractivity contribution in [2.75, 3.05) is 25.0 Å². The second kappa shape index (κ2) is 8.43. The highest BCUT2D eigenvalue weighted by Crippen LogP contribution is 2.29. The van der Waals surface area contributed by atoms with Crippen LogP contribution in [0.2, 0.25) is 5.02 Å². The van der Waals surface area contributed by atoms with Crippen molar-refractivity contribution in [3.05, 3.63) is 35.9 Å². The summed E-state index contributed by atoms with van der Waals surface area (Å²) >= 11 is 5.71. The Morgan fingerprint density at radius 2 is 2.29 bits per heavy atom. The minimum Gasteiger partial charge on any atom is -0.433 e. The molecule has 0 spiro atoms. The zero-order chi connectivity index (χ0) is 15.8. The zero-order valence-corrected chi connectivity index (χ0v) is 11.8. The fraction of sp³-hybridized carbons (Fsp3) is 0.308. The van der Waals surface area contributed by atoms with Crippen LogP contribution in [-0.2, 0) is 0 Å². The summed E-state index contributed by atoms with van der Waals surface area (Å²) in [5.74, 6) is -0.234. The maximum atomic E-state index is 12.2. The Balaban J connectivity index is 2.81. The van der Waals surface area contributed by atoms with E-state index in [1.807, 2.05) is 0 Å². The van der Waals surface area contributed by atoms with E-state index < -0.39 is 12.6 Å². The number of alkyl halides is 2. The van der Waals surface area contributed by atoms with Crippen LogP contribution in [0.1, 0.15) is 0 Å². The molecule has 0 atom stereocenters. The molecule has 0 saturated heterocycles. The molecular weight excluding hydrogens is 306 g/mol. The summed E-state index contributed by atoms with van der Waals surface area (Å²) in [6.07, 6.45) is 1.50. The largest absolute Gasteiger partial charge is 0.433 e. The fourth-order valence-electron chi connectivity index (χ4n) is 1.52. The molecule has 1 aromatic carbocycles. The zero-order valence-electron chi connectivity index (χ0n) is 11.1. The number of hydrogen-bond donors (Lipinski definition) is 2. The minimum atomic E-state index is -3.01. The van der Waals surface area contributed by atoms with Crippen LogP contribution >= 0.6 is 11.6 Å². The van der Waals surface area contributed by atoms with Crippen molar-refractivity contribution in [2.45, 2.75) is 6.61 Å². The van der Waals surface area contributed by atoms with Gasteiger partial charge >= 0.3 is 12.6 Å². The highest BCUT2D eigenvalue weighted by molar-refractivity contribution is 6.32. The molecule has 21 heavy (non-hydrogen) atoms. The Kier molecular flexibility index (Phi) is 6.90. The van der Waals surface area contributed by atoms with Crippen molar-refractivity contribution in [1.29, 1.82) is 0 Å². The lowest BCUT2D eigenvalue weighted by Gasteiger charge is -2.20. The molecule has 5 nitrogen and oxygen atoms in total. The second-order valence-corrected chi connectivity index (χ2v) is 4.32. The van der Waals surface area contributed by atoms with Crippen LogP contribution in [0.4, 0.5) is 19.3 Å². The molecule has 0 aliphatic rings. The molecule has 0 aliphatic carbocycles. The van der Waals surface area contributed by atoms with Gasteiger partial charge < -0.3 is 20.1 Å². The van der Waals surface area contributed by atoms with Crippen molar-refractivity contribution in [1.82, 2.24) is 4.90 Å². The normalized spacial score (nSPS) is 10.3. The van der Waals surface area contributed by atoms with Gasteiger partial charge in [0.15, 0.2) is 0 Å². The van der Waals surface area contributed by atoms with E-state index in [1.165, 1.54) is 29.2 Å². The Labute approximate surface area is 125 Å². The van der Waals surface area contributed by atoms with E-state index >= 15 is 0 Å². The number of amides is 2. The van der Waals surface area contributed by atoms with Crippen molar-refractivity contribution in [3.8, 4) is 5.75 Å². The maximum Gasteiger partial charge on any atom is 0.387 e. The van der Waals surface area contributed by atoms with E-state index in [4.69, 9.17) is 16.7 Å². The van der Waals surface area contributed by atoms with Gasteiger partial charge in [-0.1, -0.05) is 17.7 Å². The highest BCUT2D eigenvalue weighted by atomic mass is 35.5. The third-order valence-corrected chi connectivity index (χ3v) is 2.72. The molecule has 0 aromatic heterocycles. The SMILES string of the molecule is C=CCN(CCO)C(=O)Nc1ccc(Cl)c(OC(F)F)c1. The van der Waals surface area contributed by atoms with Gasteiger partial charge in [-0.15, -0.1) is 6.58 Å². The van der Waals surface area contributed by atoms with Gasteiger partial charge in [0.25, 0.3) is 0 Å². The molecule has 1 aromatic rings. The smallest absolute Gasteiger partial charge is 0.387 e. The number of anilines is 1. The third kappa shape index (κ3) is 5.57. The van der Waals surface area contributed by atoms with Crippen molar-refractivity contribution in [2.24, 2.45) is 0 Å². The molecule has 116 valence electrons. The maximum absolute atomic E-state index is 12.2. The number of hydrogen-bond acceptors (Lipinski definition) is 3. The number of aliphatic hydroxyl groups is 1. The molecule has 2 amide bonds. The van der Waals surface area contributed by atoms with Gasteiger partial charge in [-0.2, -0.15) is 8.78 Å². The molecule has 8 heteroatoms. The lowest BCUT2D eigenvalue weighted by Crippen LogP contribution is -2.37. The Hall–Kier alpha value is -1.86. The fourth-order valence-corrected chi connectivity index (χ4v) is 1.68. The average Bonchev–Trinajstić information content (AvgIpc) is 2.41. The summed E-state index contributed by atoms with van der Waals surface area (Å²) in [5.41, 5.74) is 0.243. The average molecular weight is 321 g/mol. The molecule has 2 N–H and O–H groups in total. The van der Waals surface area contributed by atoms with Crippen LogP contribution in [-0.4, -0.2) is 42.3 Å². The molecule has 0 saturated carbocycles. The quantitative estimate of drug-likeness (QED) is 0.759. The van der Waals surface area contributed by atoms with Crippen LogP contribution in [0.5, 0.6) is 5.75 Å². The van der Waals surface area contributed by atoms with Crippen LogP contribution in [0.25, 0.3) is 0 Å². The summed E-state index contributed by atoms with van der Waals surface area (Å²) in [4.78, 5) is 13.2. The molecular formula is C13H15ClF2N2O3. The number of aliphatic hydroxyl groups excluding tert-OH is 1. The van der Waals surface area contributed by atoms with Gasteiger partial charge in [-0.05, 0) is 12.1 Å². The number of halogens is 3. The van der Waals surface area contributed by atoms with Gasteiger partial charge in [-0.25, -0.2) is 4.79 Å². The lowest BCUT2D eigenvalue weighted by atomic mass is 10.3. The van der Waals surface area contributed by atoms with E-state index in [0.29, 0.717) is 0 Å². The predicted molar refractivity (Wildman–Crippen MR) is 76.0 cm³/mol. The molecule has 0 aliphatic heterocycles. The molecule has 0 bridgehead atoms. The van der Waals surface area contributed by atoms with E-state index in [2.05, 4.69) is 16.6 Å². The number of nitrogens with zero attached hydrogens (tertiary/aromatic N) is 1. The third-order valence-electron chi connectivity index (χ3n) is 2.41. The van der Waals surface area contributed by atoms with Gasteiger partial charge in [0.05, 0.1) is 11.6 Å². The Morgan fingerprint density at radius 1 is 1.57 bits per heavy atom. The number of carbonyl (C=O) groups excluding carboxylic acids is 1. The number of rotatable bonds is 7. The van der Waals surface area contributed by atoms with E-state index in [9.17, 15) is 13.6 Å². The summed E-state index contributed by atoms with van der Waals surface area (Å²) in [7, 11) is 0. The molecule has 1 rings (SSSR count).